The summed E-state index contributed by atoms with van der Waals surface area (Å²) >= 11 is 6.21. The predicted molar refractivity (Wildman–Crippen MR) is 115 cm³/mol. The highest BCUT2D eigenvalue weighted by atomic mass is 127. The Morgan fingerprint density at radius 1 is 1.32 bits per heavy atom. The van der Waals surface area contributed by atoms with Crippen molar-refractivity contribution in [2.24, 2.45) is 4.99 Å². The standard InChI is InChI=1S/C16H26ClN3O3S.HI/c1-4-18-16(19-9-10-23-11-12-24(3,21)22)20-13(2)14-7-5-6-8-15(14)17;/h5-8,13H,4,9-12H2,1-3H3,(H2,18,19,20);1H. The van der Waals surface area contributed by atoms with Gasteiger partial charge in [0.15, 0.2) is 5.96 Å². The van der Waals surface area contributed by atoms with E-state index in [2.05, 4.69) is 15.6 Å². The molecule has 0 spiro atoms. The Labute approximate surface area is 172 Å². The number of benzene rings is 1. The van der Waals surface area contributed by atoms with E-state index >= 15 is 0 Å². The topological polar surface area (TPSA) is 79.8 Å². The molecular formula is C16H27ClIN3O3S. The number of sulfone groups is 1. The van der Waals surface area contributed by atoms with Gasteiger partial charge in [-0.05, 0) is 25.5 Å². The molecule has 1 aromatic carbocycles. The fourth-order valence-corrected chi connectivity index (χ4v) is 2.68. The van der Waals surface area contributed by atoms with Crippen molar-refractivity contribution in [2.45, 2.75) is 19.9 Å². The van der Waals surface area contributed by atoms with Gasteiger partial charge in [-0.2, -0.15) is 0 Å². The molecule has 0 radical (unpaired) electrons. The monoisotopic (exact) mass is 503 g/mol. The molecule has 0 aromatic heterocycles. The molecule has 1 rings (SSSR count). The van der Waals surface area contributed by atoms with Gasteiger partial charge in [0, 0.05) is 17.8 Å². The van der Waals surface area contributed by atoms with Crippen LogP contribution in [0.15, 0.2) is 29.3 Å². The largest absolute Gasteiger partial charge is 0.378 e. The maximum absolute atomic E-state index is 11.0. The molecule has 0 saturated heterocycles. The van der Waals surface area contributed by atoms with Crippen LogP contribution >= 0.6 is 35.6 Å². The molecule has 0 aliphatic heterocycles. The summed E-state index contributed by atoms with van der Waals surface area (Å²) in [6.45, 7) is 5.72. The van der Waals surface area contributed by atoms with E-state index in [-0.39, 0.29) is 42.4 Å². The molecule has 0 fully saturated rings. The predicted octanol–water partition coefficient (Wildman–Crippen LogP) is 2.64. The molecule has 25 heavy (non-hydrogen) atoms. The van der Waals surface area contributed by atoms with Crippen molar-refractivity contribution in [3.63, 3.8) is 0 Å². The van der Waals surface area contributed by atoms with Gasteiger partial charge in [0.1, 0.15) is 9.84 Å². The first-order chi connectivity index (χ1) is 11.3. The molecule has 144 valence electrons. The van der Waals surface area contributed by atoms with E-state index in [0.717, 1.165) is 12.1 Å². The summed E-state index contributed by atoms with van der Waals surface area (Å²) in [5.74, 6) is 0.690. The number of rotatable bonds is 9. The van der Waals surface area contributed by atoms with Crippen LogP contribution in [0.4, 0.5) is 0 Å². The number of guanidine groups is 1. The van der Waals surface area contributed by atoms with Crippen LogP contribution in [-0.2, 0) is 14.6 Å². The molecule has 0 heterocycles. The molecular weight excluding hydrogens is 477 g/mol. The molecule has 9 heteroatoms. The lowest BCUT2D eigenvalue weighted by molar-refractivity contribution is 0.157. The van der Waals surface area contributed by atoms with Crippen molar-refractivity contribution in [1.29, 1.82) is 0 Å². The number of halogens is 2. The molecule has 1 atom stereocenters. The van der Waals surface area contributed by atoms with Crippen molar-refractivity contribution in [3.05, 3.63) is 34.9 Å². The third-order valence-corrected chi connectivity index (χ3v) is 4.43. The van der Waals surface area contributed by atoms with Gasteiger partial charge < -0.3 is 15.4 Å². The van der Waals surface area contributed by atoms with Gasteiger partial charge in [-0.15, -0.1) is 24.0 Å². The van der Waals surface area contributed by atoms with Crippen LogP contribution < -0.4 is 10.6 Å². The highest BCUT2D eigenvalue weighted by Gasteiger charge is 2.10. The zero-order valence-corrected chi connectivity index (χ0v) is 18.7. The summed E-state index contributed by atoms with van der Waals surface area (Å²) in [6, 6.07) is 7.67. The van der Waals surface area contributed by atoms with Crippen LogP contribution in [-0.4, -0.2) is 52.7 Å². The van der Waals surface area contributed by atoms with Crippen molar-refractivity contribution in [3.8, 4) is 0 Å². The Hall–Kier alpha value is -0.580. The number of ether oxygens (including phenoxy) is 1. The summed E-state index contributed by atoms with van der Waals surface area (Å²) in [5.41, 5.74) is 0.995. The zero-order valence-electron chi connectivity index (χ0n) is 14.8. The maximum atomic E-state index is 11.0. The number of nitrogens with one attached hydrogen (secondary N) is 2. The fraction of sp³-hybridized carbons (Fsp3) is 0.562. The quantitative estimate of drug-likeness (QED) is 0.234. The Balaban J connectivity index is 0.00000576. The number of nitrogens with zero attached hydrogens (tertiary/aromatic N) is 1. The van der Waals surface area contributed by atoms with Crippen LogP contribution in [0.2, 0.25) is 5.02 Å². The molecule has 0 saturated carbocycles. The lowest BCUT2D eigenvalue weighted by Crippen LogP contribution is -2.39. The molecule has 0 amide bonds. The van der Waals surface area contributed by atoms with Crippen molar-refractivity contribution >= 4 is 51.4 Å². The van der Waals surface area contributed by atoms with Crippen molar-refractivity contribution in [1.82, 2.24) is 10.6 Å². The van der Waals surface area contributed by atoms with Crippen LogP contribution in [0, 0.1) is 0 Å². The second-order valence-electron chi connectivity index (χ2n) is 5.39. The average Bonchev–Trinajstić information content (AvgIpc) is 2.50. The van der Waals surface area contributed by atoms with E-state index in [1.165, 1.54) is 6.26 Å². The molecule has 0 aliphatic carbocycles. The van der Waals surface area contributed by atoms with Crippen LogP contribution in [0.25, 0.3) is 0 Å². The number of hydrogen-bond donors (Lipinski definition) is 2. The van der Waals surface area contributed by atoms with Crippen LogP contribution in [0.5, 0.6) is 0 Å². The molecule has 1 aromatic rings. The van der Waals surface area contributed by atoms with Gasteiger partial charge in [0.25, 0.3) is 0 Å². The molecule has 0 aliphatic rings. The summed E-state index contributed by atoms with van der Waals surface area (Å²) in [5, 5.41) is 7.16. The van der Waals surface area contributed by atoms with E-state index in [0.29, 0.717) is 24.1 Å². The summed E-state index contributed by atoms with van der Waals surface area (Å²) in [7, 11) is -2.98. The average molecular weight is 504 g/mol. The lowest BCUT2D eigenvalue weighted by Gasteiger charge is -2.19. The minimum Gasteiger partial charge on any atom is -0.378 e. The van der Waals surface area contributed by atoms with Crippen molar-refractivity contribution in [2.75, 3.05) is 38.3 Å². The maximum Gasteiger partial charge on any atom is 0.191 e. The Morgan fingerprint density at radius 3 is 2.60 bits per heavy atom. The number of hydrogen-bond acceptors (Lipinski definition) is 4. The first-order valence-corrected chi connectivity index (χ1v) is 10.3. The summed E-state index contributed by atoms with van der Waals surface area (Å²) in [4.78, 5) is 4.42. The van der Waals surface area contributed by atoms with Gasteiger partial charge in [-0.1, -0.05) is 29.8 Å². The first-order valence-electron chi connectivity index (χ1n) is 7.88. The van der Waals surface area contributed by atoms with Gasteiger partial charge in [-0.25, -0.2) is 8.42 Å². The Morgan fingerprint density at radius 2 is 2.00 bits per heavy atom. The summed E-state index contributed by atoms with van der Waals surface area (Å²) < 4.78 is 27.3. The summed E-state index contributed by atoms with van der Waals surface area (Å²) in [6.07, 6.45) is 1.19. The molecule has 2 N–H and O–H groups in total. The highest BCUT2D eigenvalue weighted by molar-refractivity contribution is 14.0. The smallest absolute Gasteiger partial charge is 0.191 e. The molecule has 0 bridgehead atoms. The van der Waals surface area contributed by atoms with E-state index < -0.39 is 9.84 Å². The van der Waals surface area contributed by atoms with Crippen LogP contribution in [0.1, 0.15) is 25.5 Å². The Kier molecular flexibility index (Phi) is 12.4. The SMILES string of the molecule is CCNC(=NCCOCCS(C)(=O)=O)NC(C)c1ccccc1Cl.I. The highest BCUT2D eigenvalue weighted by Crippen LogP contribution is 2.21. The third-order valence-electron chi connectivity index (χ3n) is 3.17. The minimum atomic E-state index is -2.98. The minimum absolute atomic E-state index is 0. The van der Waals surface area contributed by atoms with E-state index in [1.54, 1.807) is 0 Å². The van der Waals surface area contributed by atoms with E-state index in [4.69, 9.17) is 16.3 Å². The molecule has 6 nitrogen and oxygen atoms in total. The fourth-order valence-electron chi connectivity index (χ4n) is 1.96. The third kappa shape index (κ3) is 10.9. The zero-order chi connectivity index (χ0) is 18.0. The van der Waals surface area contributed by atoms with Gasteiger partial charge >= 0.3 is 0 Å². The molecule has 1 unspecified atom stereocenters. The second-order valence-corrected chi connectivity index (χ2v) is 8.06. The van der Waals surface area contributed by atoms with Crippen LogP contribution in [0.3, 0.4) is 0 Å². The Bertz CT molecular complexity index is 641. The van der Waals surface area contributed by atoms with Gasteiger partial charge in [-0.3, -0.25) is 4.99 Å². The van der Waals surface area contributed by atoms with E-state index in [1.807, 2.05) is 38.1 Å². The van der Waals surface area contributed by atoms with Crippen molar-refractivity contribution < 1.29 is 13.2 Å². The second kappa shape index (κ2) is 12.7. The van der Waals surface area contributed by atoms with E-state index in [9.17, 15) is 8.42 Å². The number of aliphatic imine (C=N–C) groups is 1. The normalized spacial score (nSPS) is 13.0. The first kappa shape index (κ1) is 24.4. The van der Waals surface area contributed by atoms with Gasteiger partial charge in [0.2, 0.25) is 0 Å². The van der Waals surface area contributed by atoms with Gasteiger partial charge in [0.05, 0.1) is 31.6 Å². The lowest BCUT2D eigenvalue weighted by atomic mass is 10.1.